The van der Waals surface area contributed by atoms with Crippen LogP contribution >= 0.6 is 12.4 Å². The van der Waals surface area contributed by atoms with E-state index in [1.807, 2.05) is 0 Å². The molecule has 0 fully saturated rings. The minimum Gasteiger partial charge on any atom is -0.282 e. The number of hydrogen-bond donors (Lipinski definition) is 2. The number of aromatic nitrogens is 2. The van der Waals surface area contributed by atoms with E-state index in [0.29, 0.717) is 24.2 Å². The summed E-state index contributed by atoms with van der Waals surface area (Å²) in [5, 5.41) is 6.40. The summed E-state index contributed by atoms with van der Waals surface area (Å²) in [6.45, 7) is 3.58. The molecule has 0 aliphatic rings. The first-order valence-corrected chi connectivity index (χ1v) is 5.48. The fourth-order valence-electron chi connectivity index (χ4n) is 1.19. The molecule has 0 atom stereocenters. The summed E-state index contributed by atoms with van der Waals surface area (Å²) < 4.78 is 30.8. The summed E-state index contributed by atoms with van der Waals surface area (Å²) in [7, 11) is -4.14. The summed E-state index contributed by atoms with van der Waals surface area (Å²) in [6, 6.07) is 0. The largest absolute Gasteiger partial charge is 0.298 e. The Hall–Kier alpha value is -0.590. The first kappa shape index (κ1) is 13.4. The Kier molecular flexibility index (Phi) is 4.57. The highest BCUT2D eigenvalue weighted by atomic mass is 35.5. The van der Waals surface area contributed by atoms with Crippen molar-refractivity contribution in [2.45, 2.75) is 31.6 Å². The highest BCUT2D eigenvalue weighted by molar-refractivity contribution is 7.86. The molecule has 0 saturated heterocycles. The molecule has 1 aromatic heterocycles. The van der Waals surface area contributed by atoms with Crippen LogP contribution in [0.4, 0.5) is 0 Å². The van der Waals surface area contributed by atoms with Crippen molar-refractivity contribution in [2.75, 3.05) is 0 Å². The van der Waals surface area contributed by atoms with E-state index >= 15 is 0 Å². The molecule has 1 aromatic rings. The zero-order valence-electron chi connectivity index (χ0n) is 7.94. The van der Waals surface area contributed by atoms with Crippen molar-refractivity contribution in [2.24, 2.45) is 0 Å². The smallest absolute Gasteiger partial charge is 0.282 e. The van der Waals surface area contributed by atoms with E-state index in [-0.39, 0.29) is 17.3 Å². The van der Waals surface area contributed by atoms with Crippen molar-refractivity contribution >= 4 is 22.5 Å². The maximum absolute atomic E-state index is 10.9. The molecule has 0 saturated carbocycles. The SMILES string of the molecule is CCc1n[nH]c(CC)c1S(=O)(=O)O.Cl. The molecule has 0 radical (unpaired) electrons. The number of H-pyrrole nitrogens is 1. The first-order chi connectivity index (χ1) is 6.00. The van der Waals surface area contributed by atoms with E-state index in [0.717, 1.165) is 0 Å². The van der Waals surface area contributed by atoms with Gasteiger partial charge in [-0.1, -0.05) is 13.8 Å². The summed E-state index contributed by atoms with van der Waals surface area (Å²) in [4.78, 5) is -0.0579. The molecule has 0 spiro atoms. The highest BCUT2D eigenvalue weighted by Gasteiger charge is 2.21. The number of halogens is 1. The second-order valence-electron chi connectivity index (χ2n) is 2.66. The summed E-state index contributed by atoms with van der Waals surface area (Å²) in [6.07, 6.45) is 0.980. The molecule has 14 heavy (non-hydrogen) atoms. The maximum Gasteiger partial charge on any atom is 0.298 e. The van der Waals surface area contributed by atoms with Crippen LogP contribution in [-0.4, -0.2) is 23.2 Å². The van der Waals surface area contributed by atoms with Gasteiger partial charge in [0.2, 0.25) is 0 Å². The first-order valence-electron chi connectivity index (χ1n) is 4.04. The fraction of sp³-hybridized carbons (Fsp3) is 0.571. The molecule has 2 N–H and O–H groups in total. The predicted molar refractivity (Wildman–Crippen MR) is 54.4 cm³/mol. The molecule has 0 aromatic carbocycles. The molecule has 0 bridgehead atoms. The zero-order valence-corrected chi connectivity index (χ0v) is 9.57. The topological polar surface area (TPSA) is 83.0 Å². The Balaban J connectivity index is 0.00000169. The molecule has 0 aliphatic carbocycles. The summed E-state index contributed by atoms with van der Waals surface area (Å²) in [5.74, 6) is 0. The number of aromatic amines is 1. The predicted octanol–water partition coefficient (Wildman–Crippen LogP) is 1.20. The fourth-order valence-corrected chi connectivity index (χ4v) is 2.18. The third-order valence-corrected chi connectivity index (χ3v) is 2.81. The van der Waals surface area contributed by atoms with Gasteiger partial charge in [0, 0.05) is 0 Å². The van der Waals surface area contributed by atoms with E-state index in [4.69, 9.17) is 4.55 Å². The van der Waals surface area contributed by atoms with Crippen LogP contribution in [0.2, 0.25) is 0 Å². The van der Waals surface area contributed by atoms with E-state index in [1.54, 1.807) is 13.8 Å². The maximum atomic E-state index is 10.9. The van der Waals surface area contributed by atoms with Crippen molar-refractivity contribution in [3.63, 3.8) is 0 Å². The van der Waals surface area contributed by atoms with Gasteiger partial charge in [-0.2, -0.15) is 13.5 Å². The van der Waals surface area contributed by atoms with E-state index in [2.05, 4.69) is 10.2 Å². The third-order valence-electron chi connectivity index (χ3n) is 1.81. The molecule has 1 rings (SSSR count). The van der Waals surface area contributed by atoms with Crippen molar-refractivity contribution in [3.8, 4) is 0 Å². The lowest BCUT2D eigenvalue weighted by Crippen LogP contribution is -2.03. The second-order valence-corrected chi connectivity index (χ2v) is 4.02. The number of nitrogens with one attached hydrogen (secondary N) is 1. The lowest BCUT2D eigenvalue weighted by Gasteiger charge is -1.97. The van der Waals surface area contributed by atoms with Gasteiger partial charge in [-0.15, -0.1) is 12.4 Å². The molecule has 7 heteroatoms. The average Bonchev–Trinajstić information content (AvgIpc) is 2.45. The van der Waals surface area contributed by atoms with Gasteiger partial charge in [-0.05, 0) is 12.8 Å². The summed E-state index contributed by atoms with van der Waals surface area (Å²) in [5.41, 5.74) is 0.846. The highest BCUT2D eigenvalue weighted by Crippen LogP contribution is 2.18. The zero-order chi connectivity index (χ0) is 10.1. The minimum absolute atomic E-state index is 0. The number of nitrogens with zero attached hydrogens (tertiary/aromatic N) is 1. The molecule has 0 aliphatic heterocycles. The van der Waals surface area contributed by atoms with Crippen LogP contribution in [-0.2, 0) is 23.0 Å². The van der Waals surface area contributed by atoms with Crippen LogP contribution in [0.1, 0.15) is 25.2 Å². The van der Waals surface area contributed by atoms with Crippen LogP contribution < -0.4 is 0 Å². The number of aryl methyl sites for hydroxylation is 2. The molecule has 5 nitrogen and oxygen atoms in total. The standard InChI is InChI=1S/C7H12N2O3S.ClH/c1-3-5-7(13(10,11)12)6(4-2)9-8-5;/h3-4H2,1-2H3,(H,8,9)(H,10,11,12);1H. The van der Waals surface area contributed by atoms with Gasteiger partial charge in [0.25, 0.3) is 10.1 Å². The van der Waals surface area contributed by atoms with E-state index in [1.165, 1.54) is 0 Å². The molecule has 82 valence electrons. The molecule has 0 amide bonds. The van der Waals surface area contributed by atoms with Crippen molar-refractivity contribution < 1.29 is 13.0 Å². The van der Waals surface area contributed by atoms with Gasteiger partial charge in [-0.25, -0.2) is 0 Å². The van der Waals surface area contributed by atoms with Crippen LogP contribution in [0, 0.1) is 0 Å². The lowest BCUT2D eigenvalue weighted by atomic mass is 10.3. The van der Waals surface area contributed by atoms with Crippen molar-refractivity contribution in [3.05, 3.63) is 11.4 Å². The Bertz CT molecular complexity index is 378. The summed E-state index contributed by atoms with van der Waals surface area (Å²) >= 11 is 0. The normalized spacial score (nSPS) is 11.1. The van der Waals surface area contributed by atoms with Gasteiger partial charge < -0.3 is 0 Å². The van der Waals surface area contributed by atoms with Gasteiger partial charge in [0.15, 0.2) is 0 Å². The van der Waals surface area contributed by atoms with Gasteiger partial charge >= 0.3 is 0 Å². The molecular weight excluding hydrogens is 228 g/mol. The van der Waals surface area contributed by atoms with Crippen LogP contribution in [0.15, 0.2) is 4.90 Å². The number of hydrogen-bond acceptors (Lipinski definition) is 3. The van der Waals surface area contributed by atoms with Gasteiger partial charge in [0.1, 0.15) is 4.90 Å². The van der Waals surface area contributed by atoms with E-state index < -0.39 is 10.1 Å². The van der Waals surface area contributed by atoms with Crippen LogP contribution in [0.25, 0.3) is 0 Å². The second kappa shape index (κ2) is 4.77. The van der Waals surface area contributed by atoms with Gasteiger partial charge in [-0.3, -0.25) is 9.65 Å². The lowest BCUT2D eigenvalue weighted by molar-refractivity contribution is 0.481. The third kappa shape index (κ3) is 2.46. The Morgan fingerprint density at radius 2 is 1.93 bits per heavy atom. The van der Waals surface area contributed by atoms with Crippen LogP contribution in [0.3, 0.4) is 0 Å². The van der Waals surface area contributed by atoms with Crippen molar-refractivity contribution in [1.29, 1.82) is 0 Å². The Morgan fingerprint density at radius 3 is 2.29 bits per heavy atom. The minimum atomic E-state index is -4.14. The van der Waals surface area contributed by atoms with Crippen molar-refractivity contribution in [1.82, 2.24) is 10.2 Å². The van der Waals surface area contributed by atoms with Gasteiger partial charge in [0.05, 0.1) is 11.4 Å². The molecular formula is C7H13ClN2O3S. The van der Waals surface area contributed by atoms with Crippen LogP contribution in [0.5, 0.6) is 0 Å². The quantitative estimate of drug-likeness (QED) is 0.778. The molecule has 1 heterocycles. The number of rotatable bonds is 3. The monoisotopic (exact) mass is 240 g/mol. The Morgan fingerprint density at radius 1 is 1.36 bits per heavy atom. The average molecular weight is 241 g/mol. The van der Waals surface area contributed by atoms with E-state index in [9.17, 15) is 8.42 Å². The molecule has 0 unspecified atom stereocenters. The Labute approximate surface area is 89.1 Å².